The molecular weight excluding hydrogens is 212 g/mol. The van der Waals surface area contributed by atoms with Crippen LogP contribution in [0.1, 0.15) is 58.8 Å². The molecule has 0 aromatic rings. The average Bonchev–Trinajstić information content (AvgIpc) is 2.36. The van der Waals surface area contributed by atoms with Gasteiger partial charge in [-0.15, -0.1) is 0 Å². The number of carbonyl (C=O) groups is 1. The third-order valence-corrected chi connectivity index (χ3v) is 4.05. The molecule has 0 spiro atoms. The van der Waals surface area contributed by atoms with Gasteiger partial charge in [0.25, 0.3) is 0 Å². The molecule has 1 atom stereocenters. The standard InChI is InChI=1S/C14H28N2O/c1-3-5-13(15)14(17)16-10-12-8-6-11(4-2)7-9-12/h11-13H,3-10,15H2,1-2H3,(H,16,17)/t11?,12?,13-/m1/s1. The summed E-state index contributed by atoms with van der Waals surface area (Å²) < 4.78 is 0. The Balaban J connectivity index is 2.16. The first-order valence-corrected chi connectivity index (χ1v) is 7.20. The first kappa shape index (κ1) is 14.5. The van der Waals surface area contributed by atoms with Gasteiger partial charge in [-0.1, -0.05) is 39.5 Å². The molecule has 0 heterocycles. The number of nitrogens with one attached hydrogen (secondary N) is 1. The average molecular weight is 240 g/mol. The van der Waals surface area contributed by atoms with Gasteiger partial charge in [-0.25, -0.2) is 0 Å². The minimum Gasteiger partial charge on any atom is -0.354 e. The Morgan fingerprint density at radius 3 is 2.35 bits per heavy atom. The van der Waals surface area contributed by atoms with Crippen molar-refractivity contribution in [2.75, 3.05) is 6.54 Å². The van der Waals surface area contributed by atoms with Crippen molar-refractivity contribution in [1.82, 2.24) is 5.32 Å². The molecule has 0 radical (unpaired) electrons. The van der Waals surface area contributed by atoms with E-state index in [1.165, 1.54) is 32.1 Å². The molecule has 0 saturated heterocycles. The van der Waals surface area contributed by atoms with E-state index in [4.69, 9.17) is 5.73 Å². The van der Waals surface area contributed by atoms with Gasteiger partial charge >= 0.3 is 0 Å². The third kappa shape index (κ3) is 5.07. The second-order valence-electron chi connectivity index (χ2n) is 5.44. The summed E-state index contributed by atoms with van der Waals surface area (Å²) in [5, 5.41) is 3.01. The van der Waals surface area contributed by atoms with E-state index in [1.54, 1.807) is 0 Å². The van der Waals surface area contributed by atoms with E-state index < -0.39 is 0 Å². The molecule has 1 amide bonds. The van der Waals surface area contributed by atoms with Gasteiger partial charge in [0.2, 0.25) is 5.91 Å². The van der Waals surface area contributed by atoms with Gasteiger partial charge in [0.1, 0.15) is 0 Å². The van der Waals surface area contributed by atoms with Crippen LogP contribution in [0.15, 0.2) is 0 Å². The molecule has 0 bridgehead atoms. The Bertz CT molecular complexity index is 222. The molecule has 1 aliphatic carbocycles. The summed E-state index contributed by atoms with van der Waals surface area (Å²) in [7, 11) is 0. The Labute approximate surface area is 106 Å². The maximum absolute atomic E-state index is 11.7. The van der Waals surface area contributed by atoms with Gasteiger partial charge in [-0.2, -0.15) is 0 Å². The lowest BCUT2D eigenvalue weighted by molar-refractivity contribution is -0.122. The van der Waals surface area contributed by atoms with Gasteiger partial charge in [0.15, 0.2) is 0 Å². The van der Waals surface area contributed by atoms with E-state index in [-0.39, 0.29) is 11.9 Å². The summed E-state index contributed by atoms with van der Waals surface area (Å²) in [5.41, 5.74) is 5.77. The molecule has 1 rings (SSSR count). The van der Waals surface area contributed by atoms with Crippen molar-refractivity contribution in [1.29, 1.82) is 0 Å². The number of nitrogens with two attached hydrogens (primary N) is 1. The van der Waals surface area contributed by atoms with Gasteiger partial charge < -0.3 is 11.1 Å². The van der Waals surface area contributed by atoms with Crippen LogP contribution in [0.25, 0.3) is 0 Å². The first-order chi connectivity index (χ1) is 8.17. The van der Waals surface area contributed by atoms with Gasteiger partial charge in [-0.3, -0.25) is 4.79 Å². The summed E-state index contributed by atoms with van der Waals surface area (Å²) in [6, 6.07) is -0.313. The zero-order valence-corrected chi connectivity index (χ0v) is 11.4. The van der Waals surface area contributed by atoms with E-state index in [1.807, 2.05) is 0 Å². The lowest BCUT2D eigenvalue weighted by Gasteiger charge is -2.28. The molecule has 0 unspecified atom stereocenters. The zero-order chi connectivity index (χ0) is 12.7. The highest BCUT2D eigenvalue weighted by atomic mass is 16.2. The molecule has 17 heavy (non-hydrogen) atoms. The van der Waals surface area contributed by atoms with E-state index in [9.17, 15) is 4.79 Å². The van der Waals surface area contributed by atoms with Crippen molar-refractivity contribution in [2.45, 2.75) is 64.8 Å². The minimum atomic E-state index is -0.313. The monoisotopic (exact) mass is 240 g/mol. The minimum absolute atomic E-state index is 0.0319. The number of rotatable bonds is 6. The van der Waals surface area contributed by atoms with Crippen LogP contribution < -0.4 is 11.1 Å². The predicted molar refractivity (Wildman–Crippen MR) is 71.6 cm³/mol. The number of carbonyl (C=O) groups excluding carboxylic acids is 1. The molecule has 1 fully saturated rings. The van der Waals surface area contributed by atoms with Crippen LogP contribution in [-0.2, 0) is 4.79 Å². The molecule has 0 aromatic heterocycles. The van der Waals surface area contributed by atoms with E-state index >= 15 is 0 Å². The Hall–Kier alpha value is -0.570. The maximum Gasteiger partial charge on any atom is 0.236 e. The Kier molecular flexibility index (Phi) is 6.56. The van der Waals surface area contributed by atoms with Crippen molar-refractivity contribution in [3.8, 4) is 0 Å². The largest absolute Gasteiger partial charge is 0.354 e. The quantitative estimate of drug-likeness (QED) is 0.749. The van der Waals surface area contributed by atoms with Crippen LogP contribution in [0.4, 0.5) is 0 Å². The third-order valence-electron chi connectivity index (χ3n) is 4.05. The summed E-state index contributed by atoms with van der Waals surface area (Å²) >= 11 is 0. The molecule has 1 aliphatic rings. The number of hydrogen-bond acceptors (Lipinski definition) is 2. The lowest BCUT2D eigenvalue weighted by Crippen LogP contribution is -2.42. The molecule has 0 aliphatic heterocycles. The molecule has 3 nitrogen and oxygen atoms in total. The molecule has 1 saturated carbocycles. The summed E-state index contributed by atoms with van der Waals surface area (Å²) in [6.07, 6.45) is 8.25. The van der Waals surface area contributed by atoms with Crippen molar-refractivity contribution in [2.24, 2.45) is 17.6 Å². The van der Waals surface area contributed by atoms with Crippen LogP contribution >= 0.6 is 0 Å². The SMILES string of the molecule is CCC[C@@H](N)C(=O)NCC1CCC(CC)CC1. The number of hydrogen-bond donors (Lipinski definition) is 2. The molecule has 0 aromatic carbocycles. The Morgan fingerprint density at radius 1 is 1.24 bits per heavy atom. The van der Waals surface area contributed by atoms with Crippen molar-refractivity contribution >= 4 is 5.91 Å². The highest BCUT2D eigenvalue weighted by molar-refractivity contribution is 5.81. The molecule has 3 heteroatoms. The maximum atomic E-state index is 11.7. The summed E-state index contributed by atoms with van der Waals surface area (Å²) in [5.74, 6) is 1.63. The Morgan fingerprint density at radius 2 is 1.82 bits per heavy atom. The van der Waals surface area contributed by atoms with Crippen molar-refractivity contribution in [3.05, 3.63) is 0 Å². The van der Waals surface area contributed by atoms with Gasteiger partial charge in [-0.05, 0) is 31.1 Å². The smallest absolute Gasteiger partial charge is 0.236 e. The normalized spacial score (nSPS) is 26.5. The van der Waals surface area contributed by atoms with Gasteiger partial charge in [0.05, 0.1) is 6.04 Å². The van der Waals surface area contributed by atoms with Gasteiger partial charge in [0, 0.05) is 6.54 Å². The van der Waals surface area contributed by atoms with Crippen LogP contribution in [0.5, 0.6) is 0 Å². The second kappa shape index (κ2) is 7.70. The fourth-order valence-electron chi connectivity index (χ4n) is 2.66. The lowest BCUT2D eigenvalue weighted by atomic mass is 9.81. The predicted octanol–water partition coefficient (Wildman–Crippen LogP) is 2.45. The first-order valence-electron chi connectivity index (χ1n) is 7.20. The van der Waals surface area contributed by atoms with Crippen LogP contribution in [-0.4, -0.2) is 18.5 Å². The van der Waals surface area contributed by atoms with E-state index in [0.29, 0.717) is 5.92 Å². The molecule has 100 valence electrons. The van der Waals surface area contributed by atoms with Crippen LogP contribution in [0, 0.1) is 11.8 Å². The fraction of sp³-hybridized carbons (Fsp3) is 0.929. The van der Waals surface area contributed by atoms with Crippen LogP contribution in [0.3, 0.4) is 0 Å². The topological polar surface area (TPSA) is 55.1 Å². The molecular formula is C14H28N2O. The zero-order valence-electron chi connectivity index (χ0n) is 11.4. The van der Waals surface area contributed by atoms with Crippen LogP contribution in [0.2, 0.25) is 0 Å². The van der Waals surface area contributed by atoms with Crippen molar-refractivity contribution < 1.29 is 4.79 Å². The number of amides is 1. The fourth-order valence-corrected chi connectivity index (χ4v) is 2.66. The summed E-state index contributed by atoms with van der Waals surface area (Å²) in [4.78, 5) is 11.7. The molecule has 3 N–H and O–H groups in total. The highest BCUT2D eigenvalue weighted by Crippen LogP contribution is 2.30. The van der Waals surface area contributed by atoms with E-state index in [2.05, 4.69) is 19.2 Å². The highest BCUT2D eigenvalue weighted by Gasteiger charge is 2.21. The van der Waals surface area contributed by atoms with E-state index in [0.717, 1.165) is 25.3 Å². The summed E-state index contributed by atoms with van der Waals surface area (Å²) in [6.45, 7) is 5.16. The second-order valence-corrected chi connectivity index (χ2v) is 5.44. The van der Waals surface area contributed by atoms with Crippen molar-refractivity contribution in [3.63, 3.8) is 0 Å².